The zero-order valence-corrected chi connectivity index (χ0v) is 16.2. The number of rotatable bonds is 5. The number of hydrogen-bond acceptors (Lipinski definition) is 7. The molecule has 0 aliphatic carbocycles. The van der Waals surface area contributed by atoms with Gasteiger partial charge in [-0.05, 0) is 49.9 Å². The van der Waals surface area contributed by atoms with E-state index in [9.17, 15) is 4.79 Å². The van der Waals surface area contributed by atoms with E-state index < -0.39 is 0 Å². The number of thiazole rings is 1. The van der Waals surface area contributed by atoms with Crippen molar-refractivity contribution in [3.63, 3.8) is 0 Å². The average molecular weight is 372 g/mol. The molecule has 0 fully saturated rings. The Morgan fingerprint density at radius 2 is 2.19 bits per heavy atom. The van der Waals surface area contributed by atoms with Crippen molar-refractivity contribution in [2.24, 2.45) is 4.99 Å². The fourth-order valence-corrected chi connectivity index (χ4v) is 3.59. The number of ether oxygens (including phenoxy) is 1. The van der Waals surface area contributed by atoms with Crippen LogP contribution in [0.4, 0.5) is 5.69 Å². The Labute approximate surface area is 157 Å². The van der Waals surface area contributed by atoms with Gasteiger partial charge in [0.15, 0.2) is 11.7 Å². The first kappa shape index (κ1) is 18.4. The molecule has 2 aromatic rings. The molecule has 0 saturated carbocycles. The van der Waals surface area contributed by atoms with E-state index in [-0.39, 0.29) is 5.97 Å². The summed E-state index contributed by atoms with van der Waals surface area (Å²) in [6, 6.07) is 4.32. The molecule has 0 spiro atoms. The molecule has 0 amide bonds. The number of carbonyl (C=O) groups is 1. The van der Waals surface area contributed by atoms with Crippen LogP contribution in [-0.4, -0.2) is 36.6 Å². The van der Waals surface area contributed by atoms with E-state index in [2.05, 4.69) is 46.6 Å². The van der Waals surface area contributed by atoms with Crippen LogP contribution in [-0.2, 0) is 11.2 Å². The first-order chi connectivity index (χ1) is 12.6. The fraction of sp³-hybridized carbons (Fsp3) is 0.421. The van der Waals surface area contributed by atoms with Gasteiger partial charge in [-0.1, -0.05) is 6.07 Å². The van der Waals surface area contributed by atoms with Gasteiger partial charge in [-0.25, -0.2) is 9.78 Å². The quantitative estimate of drug-likeness (QED) is 0.788. The zero-order chi connectivity index (χ0) is 18.5. The Balaban J connectivity index is 1.73. The molecule has 0 bridgehead atoms. The van der Waals surface area contributed by atoms with Gasteiger partial charge in [0.25, 0.3) is 0 Å². The third-order valence-electron chi connectivity index (χ3n) is 4.21. The van der Waals surface area contributed by atoms with Crippen LogP contribution in [0, 0.1) is 13.8 Å². The lowest BCUT2D eigenvalue weighted by Gasteiger charge is -2.18. The number of nitrogens with zero attached hydrogens (tertiary/aromatic N) is 2. The molecule has 2 N–H and O–H groups in total. The van der Waals surface area contributed by atoms with Crippen molar-refractivity contribution in [1.29, 1.82) is 0 Å². The summed E-state index contributed by atoms with van der Waals surface area (Å²) in [4.78, 5) is 20.6. The minimum absolute atomic E-state index is 0.358. The molecule has 1 aromatic carbocycles. The molecule has 138 valence electrons. The van der Waals surface area contributed by atoms with Gasteiger partial charge in [0, 0.05) is 30.6 Å². The minimum Gasteiger partial charge on any atom is -0.461 e. The first-order valence-electron chi connectivity index (χ1n) is 8.83. The van der Waals surface area contributed by atoms with E-state index in [1.165, 1.54) is 22.5 Å². The molecule has 0 radical (unpaired) electrons. The van der Waals surface area contributed by atoms with Gasteiger partial charge >= 0.3 is 5.97 Å². The number of nitrogens with one attached hydrogen (secondary N) is 2. The predicted octanol–water partition coefficient (Wildman–Crippen LogP) is 3.29. The lowest BCUT2D eigenvalue weighted by atomic mass is 10.0. The van der Waals surface area contributed by atoms with Gasteiger partial charge < -0.3 is 15.4 Å². The van der Waals surface area contributed by atoms with Crippen molar-refractivity contribution in [2.75, 3.05) is 25.0 Å². The van der Waals surface area contributed by atoms with Crippen molar-refractivity contribution >= 4 is 29.0 Å². The molecular weight excluding hydrogens is 348 g/mol. The number of aryl methyl sites for hydroxylation is 2. The molecule has 1 aromatic heterocycles. The van der Waals surface area contributed by atoms with Crippen molar-refractivity contribution < 1.29 is 9.53 Å². The second-order valence-electron chi connectivity index (χ2n) is 6.25. The van der Waals surface area contributed by atoms with Crippen molar-refractivity contribution in [3.8, 4) is 0 Å². The number of hydrogen-bond donors (Lipinski definition) is 2. The maximum atomic E-state index is 11.8. The summed E-state index contributed by atoms with van der Waals surface area (Å²) in [7, 11) is 0. The van der Waals surface area contributed by atoms with Crippen molar-refractivity contribution in [1.82, 2.24) is 10.3 Å². The lowest BCUT2D eigenvalue weighted by molar-refractivity contribution is 0.0520. The Morgan fingerprint density at radius 1 is 1.35 bits per heavy atom. The van der Waals surface area contributed by atoms with Crippen LogP contribution < -0.4 is 10.6 Å². The molecule has 6 nitrogen and oxygen atoms in total. The molecular formula is C19H24N4O2S. The molecule has 0 saturated heterocycles. The van der Waals surface area contributed by atoms with E-state index >= 15 is 0 Å². The van der Waals surface area contributed by atoms with Crippen LogP contribution in [0.1, 0.15) is 45.5 Å². The molecule has 0 unspecified atom stereocenters. The highest BCUT2D eigenvalue weighted by Gasteiger charge is 2.14. The third kappa shape index (κ3) is 4.40. The van der Waals surface area contributed by atoms with Crippen molar-refractivity contribution in [2.45, 2.75) is 33.6 Å². The normalized spacial score (nSPS) is 13.7. The van der Waals surface area contributed by atoms with Crippen LogP contribution in [0.2, 0.25) is 0 Å². The molecule has 0 atom stereocenters. The SMILES string of the molecule is CCOC(=O)c1csc(Cc2cc(C)c(NC3=NCCCN3)cc2C)n1. The molecule has 7 heteroatoms. The number of aliphatic imine (C=N–C) groups is 1. The topological polar surface area (TPSA) is 75.6 Å². The number of aromatic nitrogens is 1. The molecule has 3 rings (SSSR count). The Hall–Kier alpha value is -2.41. The van der Waals surface area contributed by atoms with E-state index in [1.54, 1.807) is 12.3 Å². The molecule has 1 aliphatic rings. The lowest BCUT2D eigenvalue weighted by Crippen LogP contribution is -2.35. The summed E-state index contributed by atoms with van der Waals surface area (Å²) >= 11 is 1.49. The Kier molecular flexibility index (Phi) is 5.88. The van der Waals surface area contributed by atoms with Crippen LogP contribution in [0.25, 0.3) is 0 Å². The summed E-state index contributed by atoms with van der Waals surface area (Å²) in [6.07, 6.45) is 1.78. The average Bonchev–Trinajstić information content (AvgIpc) is 3.09. The second-order valence-corrected chi connectivity index (χ2v) is 7.20. The smallest absolute Gasteiger partial charge is 0.357 e. The summed E-state index contributed by atoms with van der Waals surface area (Å²) in [5, 5.41) is 9.33. The van der Waals surface area contributed by atoms with E-state index in [1.807, 2.05) is 0 Å². The van der Waals surface area contributed by atoms with Gasteiger partial charge in [-0.3, -0.25) is 4.99 Å². The van der Waals surface area contributed by atoms with Gasteiger partial charge in [-0.15, -0.1) is 11.3 Å². The minimum atomic E-state index is -0.358. The van der Waals surface area contributed by atoms with Gasteiger partial charge in [-0.2, -0.15) is 0 Å². The monoisotopic (exact) mass is 372 g/mol. The number of carbonyl (C=O) groups excluding carboxylic acids is 1. The van der Waals surface area contributed by atoms with Crippen LogP contribution in [0.15, 0.2) is 22.5 Å². The largest absolute Gasteiger partial charge is 0.461 e. The summed E-state index contributed by atoms with van der Waals surface area (Å²) < 4.78 is 5.00. The highest BCUT2D eigenvalue weighted by atomic mass is 32.1. The standard InChI is InChI=1S/C19H24N4O2S/c1-4-25-18(24)16-11-26-17(22-16)10-14-8-13(3)15(9-12(14)2)23-19-20-6-5-7-21-19/h8-9,11H,4-7,10H2,1-3H3,(H2,20,21,23). The van der Waals surface area contributed by atoms with Gasteiger partial charge in [0.1, 0.15) is 0 Å². The van der Waals surface area contributed by atoms with E-state index in [4.69, 9.17) is 4.74 Å². The zero-order valence-electron chi connectivity index (χ0n) is 15.4. The Bertz CT molecular complexity index is 829. The second kappa shape index (κ2) is 8.31. The number of anilines is 1. The number of esters is 1. The Morgan fingerprint density at radius 3 is 2.92 bits per heavy atom. The van der Waals surface area contributed by atoms with Crippen LogP contribution in [0.5, 0.6) is 0 Å². The summed E-state index contributed by atoms with van der Waals surface area (Å²) in [5.41, 5.74) is 4.99. The number of guanidine groups is 1. The predicted molar refractivity (Wildman–Crippen MR) is 105 cm³/mol. The highest BCUT2D eigenvalue weighted by molar-refractivity contribution is 7.09. The third-order valence-corrected chi connectivity index (χ3v) is 5.06. The van der Waals surface area contributed by atoms with E-state index in [0.29, 0.717) is 18.7 Å². The summed E-state index contributed by atoms with van der Waals surface area (Å²) in [5.74, 6) is 0.480. The van der Waals surface area contributed by atoms with Crippen LogP contribution in [0.3, 0.4) is 0 Å². The maximum absolute atomic E-state index is 11.8. The van der Waals surface area contributed by atoms with Crippen LogP contribution >= 0.6 is 11.3 Å². The molecule has 1 aliphatic heterocycles. The summed E-state index contributed by atoms with van der Waals surface area (Å²) in [6.45, 7) is 8.14. The number of benzene rings is 1. The van der Waals surface area contributed by atoms with Gasteiger partial charge in [0.05, 0.1) is 11.6 Å². The van der Waals surface area contributed by atoms with E-state index in [0.717, 1.165) is 41.7 Å². The van der Waals surface area contributed by atoms with Crippen molar-refractivity contribution in [3.05, 3.63) is 44.9 Å². The fourth-order valence-electron chi connectivity index (χ4n) is 2.80. The maximum Gasteiger partial charge on any atom is 0.357 e. The molecule has 26 heavy (non-hydrogen) atoms. The van der Waals surface area contributed by atoms with Gasteiger partial charge in [0.2, 0.25) is 0 Å². The highest BCUT2D eigenvalue weighted by Crippen LogP contribution is 2.24. The first-order valence-corrected chi connectivity index (χ1v) is 9.71. The molecule has 2 heterocycles.